The fraction of sp³-hybridized carbons (Fsp3) is 0.304. The van der Waals surface area contributed by atoms with Crippen molar-refractivity contribution in [2.24, 2.45) is 0 Å². The van der Waals surface area contributed by atoms with E-state index in [1.54, 1.807) is 12.1 Å². The predicted octanol–water partition coefficient (Wildman–Crippen LogP) is 2.29. The summed E-state index contributed by atoms with van der Waals surface area (Å²) in [5.74, 6) is 1.57. The van der Waals surface area contributed by atoms with Gasteiger partial charge in [-0.1, -0.05) is 18.2 Å². The van der Waals surface area contributed by atoms with E-state index in [1.807, 2.05) is 49.4 Å². The van der Waals surface area contributed by atoms with Crippen LogP contribution < -0.4 is 15.5 Å². The van der Waals surface area contributed by atoms with Crippen molar-refractivity contribution in [3.63, 3.8) is 0 Å². The Bertz CT molecular complexity index is 1040. The number of piperazine rings is 1. The Hall–Kier alpha value is -3.56. The summed E-state index contributed by atoms with van der Waals surface area (Å²) in [5, 5.41) is 15.2. The maximum atomic E-state index is 12.4. The minimum absolute atomic E-state index is 0.165. The van der Waals surface area contributed by atoms with Crippen molar-refractivity contribution in [2.75, 3.05) is 54.9 Å². The van der Waals surface area contributed by atoms with Gasteiger partial charge >= 0.3 is 0 Å². The summed E-state index contributed by atoms with van der Waals surface area (Å²) in [7, 11) is 0. The molecular weight excluding hydrogens is 406 g/mol. The van der Waals surface area contributed by atoms with Gasteiger partial charge in [0.15, 0.2) is 0 Å². The number of rotatable bonds is 7. The normalized spacial score (nSPS) is 14.2. The number of aryl methyl sites for hydroxylation is 1. The van der Waals surface area contributed by atoms with Crippen molar-refractivity contribution in [1.82, 2.24) is 19.9 Å². The molecule has 0 spiro atoms. The summed E-state index contributed by atoms with van der Waals surface area (Å²) >= 11 is 0. The number of benzene rings is 2. The van der Waals surface area contributed by atoms with E-state index in [9.17, 15) is 4.79 Å². The molecule has 32 heavy (non-hydrogen) atoms. The van der Waals surface area contributed by atoms with Gasteiger partial charge in [0.1, 0.15) is 5.82 Å². The van der Waals surface area contributed by atoms with Gasteiger partial charge in [-0.05, 0) is 43.3 Å². The molecule has 0 atom stereocenters. The van der Waals surface area contributed by atoms with E-state index in [4.69, 9.17) is 5.11 Å². The van der Waals surface area contributed by atoms with Gasteiger partial charge in [-0.15, -0.1) is 0 Å². The number of aliphatic hydroxyl groups is 1. The van der Waals surface area contributed by atoms with Crippen LogP contribution in [0.15, 0.2) is 54.6 Å². The third-order valence-electron chi connectivity index (χ3n) is 5.24. The fourth-order valence-corrected chi connectivity index (χ4v) is 3.54. The first-order valence-electron chi connectivity index (χ1n) is 10.6. The lowest BCUT2D eigenvalue weighted by Crippen LogP contribution is -2.47. The molecule has 1 saturated heterocycles. The molecule has 0 radical (unpaired) electrons. The summed E-state index contributed by atoms with van der Waals surface area (Å²) in [6.45, 7) is 6.03. The molecular formula is C23H27N7O2. The van der Waals surface area contributed by atoms with Crippen LogP contribution in [0.25, 0.3) is 0 Å². The number of aromatic nitrogens is 3. The fourth-order valence-electron chi connectivity index (χ4n) is 3.54. The first-order valence-corrected chi connectivity index (χ1v) is 10.6. The number of carbonyl (C=O) groups excluding carboxylic acids is 1. The average molecular weight is 434 g/mol. The van der Waals surface area contributed by atoms with Gasteiger partial charge in [-0.3, -0.25) is 9.69 Å². The zero-order chi connectivity index (χ0) is 22.3. The Labute approximate surface area is 187 Å². The van der Waals surface area contributed by atoms with Gasteiger partial charge in [-0.25, -0.2) is 0 Å². The van der Waals surface area contributed by atoms with Crippen LogP contribution in [0.5, 0.6) is 0 Å². The lowest BCUT2D eigenvalue weighted by molar-refractivity contribution is 0.102. The molecule has 1 aromatic heterocycles. The quantitative estimate of drug-likeness (QED) is 0.521. The zero-order valence-corrected chi connectivity index (χ0v) is 18.0. The van der Waals surface area contributed by atoms with Crippen molar-refractivity contribution in [2.45, 2.75) is 6.92 Å². The standard InChI is InChI=1S/C23H27N7O2/c1-17-24-22(28-23(25-17)30-13-11-29(12-14-30)15-16-31)27-20-9-7-18(8-10-20)21(32)26-19-5-3-2-4-6-19/h2-10,31H,11-16H2,1H3,(H,26,32)(H,24,25,27,28). The molecule has 0 bridgehead atoms. The van der Waals surface area contributed by atoms with Crippen molar-refractivity contribution in [3.05, 3.63) is 66.0 Å². The molecule has 9 nitrogen and oxygen atoms in total. The molecule has 0 saturated carbocycles. The van der Waals surface area contributed by atoms with Crippen LogP contribution in [0.3, 0.4) is 0 Å². The van der Waals surface area contributed by atoms with Gasteiger partial charge in [0.2, 0.25) is 11.9 Å². The number of nitrogens with zero attached hydrogens (tertiary/aromatic N) is 5. The Morgan fingerprint density at radius 1 is 0.938 bits per heavy atom. The van der Waals surface area contributed by atoms with Crippen molar-refractivity contribution < 1.29 is 9.90 Å². The van der Waals surface area contributed by atoms with Gasteiger partial charge < -0.3 is 20.6 Å². The number of nitrogens with one attached hydrogen (secondary N) is 2. The van der Waals surface area contributed by atoms with Gasteiger partial charge in [0.05, 0.1) is 6.61 Å². The summed E-state index contributed by atoms with van der Waals surface area (Å²) < 4.78 is 0. The number of anilines is 4. The Morgan fingerprint density at radius 3 is 2.34 bits per heavy atom. The van der Waals surface area contributed by atoms with Crippen molar-refractivity contribution >= 4 is 29.2 Å². The van der Waals surface area contributed by atoms with E-state index in [0.717, 1.165) is 37.6 Å². The molecule has 3 N–H and O–H groups in total. The highest BCUT2D eigenvalue weighted by Crippen LogP contribution is 2.18. The first kappa shape index (κ1) is 21.7. The van der Waals surface area contributed by atoms with Crippen LogP contribution in [0.2, 0.25) is 0 Å². The monoisotopic (exact) mass is 433 g/mol. The van der Waals surface area contributed by atoms with Crippen LogP contribution in [-0.2, 0) is 0 Å². The van der Waals surface area contributed by atoms with E-state index in [1.165, 1.54) is 0 Å². The summed E-state index contributed by atoms with van der Waals surface area (Å²) in [5.41, 5.74) is 2.10. The molecule has 1 aliphatic rings. The molecule has 1 amide bonds. The number of para-hydroxylation sites is 1. The molecule has 1 aliphatic heterocycles. The van der Waals surface area contributed by atoms with E-state index in [-0.39, 0.29) is 12.5 Å². The maximum absolute atomic E-state index is 12.4. The number of hydrogen-bond acceptors (Lipinski definition) is 8. The van der Waals surface area contributed by atoms with Crippen molar-refractivity contribution in [1.29, 1.82) is 0 Å². The third kappa shape index (κ3) is 5.57. The van der Waals surface area contributed by atoms with Crippen LogP contribution in [0.1, 0.15) is 16.2 Å². The second-order valence-corrected chi connectivity index (χ2v) is 7.58. The molecule has 4 rings (SSSR count). The van der Waals surface area contributed by atoms with Crippen LogP contribution in [0.4, 0.5) is 23.3 Å². The highest BCUT2D eigenvalue weighted by Gasteiger charge is 2.19. The lowest BCUT2D eigenvalue weighted by Gasteiger charge is -2.34. The van der Waals surface area contributed by atoms with E-state index >= 15 is 0 Å². The first-order chi connectivity index (χ1) is 15.6. The predicted molar refractivity (Wildman–Crippen MR) is 124 cm³/mol. The lowest BCUT2D eigenvalue weighted by atomic mass is 10.2. The second kappa shape index (κ2) is 10.2. The topological polar surface area (TPSA) is 107 Å². The molecule has 9 heteroatoms. The SMILES string of the molecule is Cc1nc(Nc2ccc(C(=O)Nc3ccccc3)cc2)nc(N2CCN(CCO)CC2)n1. The maximum Gasteiger partial charge on any atom is 0.255 e. The largest absolute Gasteiger partial charge is 0.395 e. The third-order valence-corrected chi connectivity index (χ3v) is 5.24. The summed E-state index contributed by atoms with van der Waals surface area (Å²) in [6.07, 6.45) is 0. The number of β-amino-alcohol motifs (C(OH)–C–C–N with tert-alkyl or cyclic N) is 1. The number of amides is 1. The molecule has 2 aromatic carbocycles. The number of carbonyl (C=O) groups is 1. The molecule has 3 aromatic rings. The highest BCUT2D eigenvalue weighted by molar-refractivity contribution is 6.04. The van der Waals surface area contributed by atoms with Gasteiger partial charge in [0, 0.05) is 49.7 Å². The minimum atomic E-state index is -0.165. The molecule has 1 fully saturated rings. The van der Waals surface area contributed by atoms with Crippen LogP contribution in [-0.4, -0.2) is 70.2 Å². The van der Waals surface area contributed by atoms with Crippen LogP contribution >= 0.6 is 0 Å². The van der Waals surface area contributed by atoms with Crippen molar-refractivity contribution in [3.8, 4) is 0 Å². The van der Waals surface area contributed by atoms with Crippen LogP contribution in [0, 0.1) is 6.92 Å². The number of aliphatic hydroxyl groups excluding tert-OH is 1. The summed E-state index contributed by atoms with van der Waals surface area (Å²) in [6, 6.07) is 16.5. The number of hydrogen-bond donors (Lipinski definition) is 3. The molecule has 2 heterocycles. The molecule has 0 unspecified atom stereocenters. The van der Waals surface area contributed by atoms with Gasteiger partial charge in [-0.2, -0.15) is 15.0 Å². The minimum Gasteiger partial charge on any atom is -0.395 e. The highest BCUT2D eigenvalue weighted by atomic mass is 16.3. The van der Waals surface area contributed by atoms with Gasteiger partial charge in [0.25, 0.3) is 5.91 Å². The van der Waals surface area contributed by atoms with E-state index in [0.29, 0.717) is 29.8 Å². The molecule has 0 aliphatic carbocycles. The Balaban J connectivity index is 1.40. The smallest absolute Gasteiger partial charge is 0.255 e. The van der Waals surface area contributed by atoms with E-state index in [2.05, 4.69) is 35.4 Å². The van der Waals surface area contributed by atoms with E-state index < -0.39 is 0 Å². The summed E-state index contributed by atoms with van der Waals surface area (Å²) in [4.78, 5) is 30.2. The Kier molecular flexibility index (Phi) is 6.88. The Morgan fingerprint density at radius 2 is 1.66 bits per heavy atom. The zero-order valence-electron chi connectivity index (χ0n) is 18.0. The second-order valence-electron chi connectivity index (χ2n) is 7.58. The molecule has 166 valence electrons. The average Bonchev–Trinajstić information content (AvgIpc) is 2.80.